The molecule has 2 aromatic carbocycles. The molecule has 5 rings (SSSR count). The number of nitrogens with one attached hydrogen (secondary N) is 1. The Morgan fingerprint density at radius 3 is 2.73 bits per heavy atom. The number of carbonyl (C=O) groups is 2. The third kappa shape index (κ3) is 5.46. The lowest BCUT2D eigenvalue weighted by atomic mass is 9.58. The number of nitrogens with zero attached hydrogens (tertiary/aromatic N) is 1. The molecule has 6 heteroatoms. The van der Waals surface area contributed by atoms with E-state index in [-0.39, 0.29) is 35.7 Å². The first kappa shape index (κ1) is 25.9. The largest absolute Gasteiger partial charge is 0.489 e. The molecule has 0 amide bonds. The molecule has 2 aliphatic carbocycles. The number of carbonyl (C=O) groups excluding carboxylic acids is 2. The minimum absolute atomic E-state index is 0.0576. The number of ketones is 1. The van der Waals surface area contributed by atoms with Gasteiger partial charge in [-0.1, -0.05) is 58.0 Å². The number of piperidine rings is 1. The fourth-order valence-corrected chi connectivity index (χ4v) is 6.11. The number of esters is 1. The van der Waals surface area contributed by atoms with E-state index in [2.05, 4.69) is 42.3 Å². The Kier molecular flexibility index (Phi) is 7.42. The number of likely N-dealkylation sites (tertiary alicyclic amines) is 1. The van der Waals surface area contributed by atoms with Crippen LogP contribution in [0.4, 0.5) is 0 Å². The molecule has 1 saturated carbocycles. The minimum atomic E-state index is -0.187. The van der Waals surface area contributed by atoms with Gasteiger partial charge in [-0.2, -0.15) is 0 Å². The van der Waals surface area contributed by atoms with Crippen molar-refractivity contribution in [3.8, 4) is 5.75 Å². The summed E-state index contributed by atoms with van der Waals surface area (Å²) in [6, 6.07) is 16.4. The number of benzene rings is 2. The van der Waals surface area contributed by atoms with E-state index in [9.17, 15) is 9.59 Å². The van der Waals surface area contributed by atoms with Crippen molar-refractivity contribution >= 4 is 11.8 Å². The van der Waals surface area contributed by atoms with Gasteiger partial charge < -0.3 is 14.8 Å². The van der Waals surface area contributed by atoms with Gasteiger partial charge in [-0.3, -0.25) is 14.5 Å². The number of ether oxygens (including phenoxy) is 2. The Bertz CT molecular complexity index is 1130. The maximum absolute atomic E-state index is 13.7. The third-order valence-corrected chi connectivity index (χ3v) is 8.66. The van der Waals surface area contributed by atoms with Crippen molar-refractivity contribution in [2.45, 2.75) is 64.6 Å². The monoisotopic (exact) mass is 504 g/mol. The molecule has 1 heterocycles. The highest BCUT2D eigenvalue weighted by Gasteiger charge is 2.53. The van der Waals surface area contributed by atoms with Crippen LogP contribution in [0.5, 0.6) is 5.75 Å². The zero-order valence-corrected chi connectivity index (χ0v) is 22.5. The van der Waals surface area contributed by atoms with Crippen LogP contribution in [0, 0.1) is 17.8 Å². The smallest absolute Gasteiger partial charge is 0.319 e. The normalized spacial score (nSPS) is 28.6. The second kappa shape index (κ2) is 10.6. The predicted molar refractivity (Wildman–Crippen MR) is 144 cm³/mol. The summed E-state index contributed by atoms with van der Waals surface area (Å²) in [6.07, 6.45) is 2.05. The maximum atomic E-state index is 13.7. The lowest BCUT2D eigenvalue weighted by Crippen LogP contribution is -2.61. The Morgan fingerprint density at radius 2 is 1.97 bits per heavy atom. The molecular formula is C31H40N2O4. The first-order valence-electron chi connectivity index (χ1n) is 13.7. The van der Waals surface area contributed by atoms with Crippen LogP contribution in [0.25, 0.3) is 0 Å². The number of hydrogen-bond acceptors (Lipinski definition) is 6. The summed E-state index contributed by atoms with van der Waals surface area (Å²) in [5, 5.41) is 3.35. The third-order valence-electron chi connectivity index (χ3n) is 8.66. The van der Waals surface area contributed by atoms with Gasteiger partial charge >= 0.3 is 5.97 Å². The van der Waals surface area contributed by atoms with Crippen LogP contribution >= 0.6 is 0 Å². The van der Waals surface area contributed by atoms with E-state index in [1.165, 1.54) is 0 Å². The molecule has 0 aromatic heterocycles. The first-order chi connectivity index (χ1) is 17.8. The van der Waals surface area contributed by atoms with E-state index in [1.54, 1.807) is 0 Å². The second-order valence-corrected chi connectivity index (χ2v) is 11.8. The molecule has 1 aliphatic heterocycles. The zero-order valence-electron chi connectivity index (χ0n) is 22.5. The summed E-state index contributed by atoms with van der Waals surface area (Å²) in [6.45, 7) is 11.7. The zero-order chi connectivity index (χ0) is 26.2. The molecule has 3 aliphatic rings. The molecule has 2 aromatic rings. The highest BCUT2D eigenvalue weighted by atomic mass is 16.5. The molecule has 2 fully saturated rings. The summed E-state index contributed by atoms with van der Waals surface area (Å²) in [7, 11) is 0. The van der Waals surface area contributed by atoms with Crippen molar-refractivity contribution < 1.29 is 19.1 Å². The molecule has 5 atom stereocenters. The molecule has 0 radical (unpaired) electrons. The molecule has 6 nitrogen and oxygen atoms in total. The SMILES string of the molecule is CC(C)COC(=O)CNC1CC1CN1CC[C@@]2(C)c3cc(OCc4ccccc4)ccc3C(=O)[C@@H]1[C@@H]2C. The standard InChI is InChI=1S/C31H40N2O4/c1-20(2)18-37-28(34)16-32-27-14-23(27)17-33-13-12-31(4)21(3)29(33)30(35)25-11-10-24(15-26(25)31)36-19-22-8-6-5-7-9-22/h5-11,15,20-21,23,27,29,32H,12-14,16-19H2,1-4H3/t21-,23?,27?,29-,31+/m0/s1. The maximum Gasteiger partial charge on any atom is 0.319 e. The quantitative estimate of drug-likeness (QED) is 0.477. The van der Waals surface area contributed by atoms with Crippen LogP contribution in [0.3, 0.4) is 0 Å². The van der Waals surface area contributed by atoms with E-state index in [0.29, 0.717) is 31.1 Å². The summed E-state index contributed by atoms with van der Waals surface area (Å²) in [5.74, 6) is 1.91. The predicted octanol–water partition coefficient (Wildman–Crippen LogP) is 4.61. The lowest BCUT2D eigenvalue weighted by molar-refractivity contribution is -0.143. The Morgan fingerprint density at radius 1 is 1.19 bits per heavy atom. The number of fused-ring (bicyclic) bond motifs is 4. The topological polar surface area (TPSA) is 67.9 Å². The van der Waals surface area contributed by atoms with E-state index < -0.39 is 0 Å². The van der Waals surface area contributed by atoms with Crippen LogP contribution in [0.2, 0.25) is 0 Å². The van der Waals surface area contributed by atoms with Crippen LogP contribution in [-0.2, 0) is 21.6 Å². The second-order valence-electron chi connectivity index (χ2n) is 11.8. The average molecular weight is 505 g/mol. The van der Waals surface area contributed by atoms with E-state index in [4.69, 9.17) is 9.47 Å². The van der Waals surface area contributed by atoms with Crippen molar-refractivity contribution in [3.63, 3.8) is 0 Å². The van der Waals surface area contributed by atoms with Crippen molar-refractivity contribution in [2.75, 3.05) is 26.2 Å². The minimum Gasteiger partial charge on any atom is -0.489 e. The van der Waals surface area contributed by atoms with Gasteiger partial charge in [0.05, 0.1) is 19.2 Å². The molecule has 2 unspecified atom stereocenters. The van der Waals surface area contributed by atoms with Crippen molar-refractivity contribution in [1.82, 2.24) is 10.2 Å². The van der Waals surface area contributed by atoms with Gasteiger partial charge in [0.25, 0.3) is 0 Å². The summed E-state index contributed by atoms with van der Waals surface area (Å²) < 4.78 is 11.4. The highest BCUT2D eigenvalue weighted by molar-refractivity contribution is 6.03. The van der Waals surface area contributed by atoms with Crippen molar-refractivity contribution in [2.24, 2.45) is 17.8 Å². The van der Waals surface area contributed by atoms with E-state index in [1.807, 2.05) is 44.2 Å². The van der Waals surface area contributed by atoms with Gasteiger partial charge in [0.15, 0.2) is 5.78 Å². The Balaban J connectivity index is 1.22. The summed E-state index contributed by atoms with van der Waals surface area (Å²) in [4.78, 5) is 28.1. The molecule has 0 spiro atoms. The highest BCUT2D eigenvalue weighted by Crippen LogP contribution is 2.50. The van der Waals surface area contributed by atoms with E-state index >= 15 is 0 Å². The molecule has 1 N–H and O–H groups in total. The van der Waals surface area contributed by atoms with Gasteiger partial charge in [-0.15, -0.1) is 0 Å². The van der Waals surface area contributed by atoms with Crippen molar-refractivity contribution in [3.05, 3.63) is 65.2 Å². The number of Topliss-reactive ketones (excluding diaryl/α,β-unsaturated/α-hetero) is 1. The fraction of sp³-hybridized carbons (Fsp3) is 0.548. The lowest BCUT2D eigenvalue weighted by Gasteiger charge is -2.53. The fourth-order valence-electron chi connectivity index (χ4n) is 6.11. The molecule has 37 heavy (non-hydrogen) atoms. The van der Waals surface area contributed by atoms with Crippen LogP contribution < -0.4 is 10.1 Å². The molecule has 198 valence electrons. The summed E-state index contributed by atoms with van der Waals surface area (Å²) in [5.41, 5.74) is 3.06. The Hall–Kier alpha value is -2.70. The average Bonchev–Trinajstić information content (AvgIpc) is 3.64. The van der Waals surface area contributed by atoms with Gasteiger partial charge in [0, 0.05) is 18.2 Å². The van der Waals surface area contributed by atoms with Gasteiger partial charge in [-0.05, 0) is 71.9 Å². The van der Waals surface area contributed by atoms with Gasteiger partial charge in [0.1, 0.15) is 12.4 Å². The first-order valence-corrected chi connectivity index (χ1v) is 13.7. The van der Waals surface area contributed by atoms with Crippen LogP contribution in [-0.4, -0.2) is 55.0 Å². The van der Waals surface area contributed by atoms with Crippen LogP contribution in [0.1, 0.15) is 62.0 Å². The molecular weight excluding hydrogens is 464 g/mol. The van der Waals surface area contributed by atoms with Crippen LogP contribution in [0.15, 0.2) is 48.5 Å². The number of hydrogen-bond donors (Lipinski definition) is 1. The Labute approximate surface area is 220 Å². The van der Waals surface area contributed by atoms with Crippen molar-refractivity contribution in [1.29, 1.82) is 0 Å². The summed E-state index contributed by atoms with van der Waals surface area (Å²) >= 11 is 0. The number of rotatable bonds is 10. The molecule has 2 bridgehead atoms. The van der Waals surface area contributed by atoms with E-state index in [0.717, 1.165) is 48.4 Å². The van der Waals surface area contributed by atoms with Gasteiger partial charge in [-0.25, -0.2) is 0 Å². The molecule has 1 saturated heterocycles. The van der Waals surface area contributed by atoms with Gasteiger partial charge in [0.2, 0.25) is 0 Å².